The predicted octanol–water partition coefficient (Wildman–Crippen LogP) is 1.15. The van der Waals surface area contributed by atoms with E-state index in [4.69, 9.17) is 5.11 Å². The average molecular weight is 203 g/mol. The van der Waals surface area contributed by atoms with Crippen LogP contribution < -0.4 is 0 Å². The number of ether oxygens (including phenoxy) is 1. The molecule has 0 saturated heterocycles. The minimum absolute atomic E-state index is 0.158. The zero-order valence-corrected chi connectivity index (χ0v) is 7.33. The van der Waals surface area contributed by atoms with Gasteiger partial charge in [0, 0.05) is 0 Å². The van der Waals surface area contributed by atoms with Gasteiger partial charge in [0.25, 0.3) is 0 Å². The quantitative estimate of drug-likeness (QED) is 0.442. The Hall–Kier alpha value is -1.63. The third-order valence-corrected chi connectivity index (χ3v) is 2.25. The highest BCUT2D eigenvalue weighted by Gasteiger charge is 2.24. The van der Waals surface area contributed by atoms with Crippen molar-refractivity contribution in [2.45, 2.75) is 0 Å². The van der Waals surface area contributed by atoms with Gasteiger partial charge >= 0.3 is 11.7 Å². The van der Waals surface area contributed by atoms with Crippen LogP contribution in [0.15, 0.2) is 5.38 Å². The number of rotatable bonds is 2. The first-order chi connectivity index (χ1) is 6.07. The molecule has 0 saturated carbocycles. The van der Waals surface area contributed by atoms with Crippen LogP contribution in [0.25, 0.3) is 0 Å². The molecule has 0 aliphatic heterocycles. The highest BCUT2D eigenvalue weighted by Crippen LogP contribution is 2.35. The number of hydrogen-bond donors (Lipinski definition) is 1. The molecule has 1 aromatic rings. The van der Waals surface area contributed by atoms with Crippen LogP contribution >= 0.6 is 11.3 Å². The molecule has 0 aromatic carbocycles. The lowest BCUT2D eigenvalue weighted by molar-refractivity contribution is -0.385. The van der Waals surface area contributed by atoms with E-state index >= 15 is 0 Å². The summed E-state index contributed by atoms with van der Waals surface area (Å²) >= 11 is 0.771. The maximum atomic E-state index is 10.9. The van der Waals surface area contributed by atoms with Crippen molar-refractivity contribution in [1.82, 2.24) is 0 Å². The van der Waals surface area contributed by atoms with Crippen molar-refractivity contribution in [2.24, 2.45) is 0 Å². The van der Waals surface area contributed by atoms with E-state index in [1.54, 1.807) is 0 Å². The fourth-order valence-corrected chi connectivity index (χ4v) is 1.53. The Kier molecular flexibility index (Phi) is 2.47. The van der Waals surface area contributed by atoms with Crippen LogP contribution in [0, 0.1) is 10.1 Å². The lowest BCUT2D eigenvalue weighted by Crippen LogP contribution is -1.98. The highest BCUT2D eigenvalue weighted by atomic mass is 32.1. The monoisotopic (exact) mass is 203 g/mol. The van der Waals surface area contributed by atoms with Crippen molar-refractivity contribution in [1.29, 1.82) is 0 Å². The first-order valence-electron chi connectivity index (χ1n) is 3.11. The molecule has 0 fully saturated rings. The SMILES string of the molecule is COC(=O)c1scc([N+](=O)[O-])c1O. The van der Waals surface area contributed by atoms with E-state index in [-0.39, 0.29) is 4.88 Å². The van der Waals surface area contributed by atoms with Gasteiger partial charge in [-0.05, 0) is 0 Å². The van der Waals surface area contributed by atoms with Gasteiger partial charge < -0.3 is 9.84 Å². The van der Waals surface area contributed by atoms with Gasteiger partial charge in [0.15, 0.2) is 4.88 Å². The van der Waals surface area contributed by atoms with Gasteiger partial charge in [-0.15, -0.1) is 11.3 Å². The molecule has 7 heteroatoms. The molecule has 1 rings (SSSR count). The largest absolute Gasteiger partial charge is 0.501 e. The van der Waals surface area contributed by atoms with Crippen molar-refractivity contribution in [3.8, 4) is 5.75 Å². The van der Waals surface area contributed by atoms with E-state index in [9.17, 15) is 14.9 Å². The number of hydrogen-bond acceptors (Lipinski definition) is 6. The van der Waals surface area contributed by atoms with Crippen molar-refractivity contribution < 1.29 is 19.6 Å². The number of carbonyl (C=O) groups is 1. The van der Waals surface area contributed by atoms with Crippen molar-refractivity contribution in [2.75, 3.05) is 7.11 Å². The average Bonchev–Trinajstić information content (AvgIpc) is 2.46. The lowest BCUT2D eigenvalue weighted by atomic mass is 10.4. The standard InChI is InChI=1S/C6H5NO5S/c1-12-6(9)5-4(8)3(2-13-5)7(10)11/h2,8H,1H3. The summed E-state index contributed by atoms with van der Waals surface area (Å²) in [7, 11) is 1.13. The summed E-state index contributed by atoms with van der Waals surface area (Å²) in [4.78, 5) is 20.2. The zero-order chi connectivity index (χ0) is 10.0. The second kappa shape index (κ2) is 3.40. The number of thiophene rings is 1. The second-order valence-electron chi connectivity index (χ2n) is 2.05. The Morgan fingerprint density at radius 2 is 2.38 bits per heavy atom. The first-order valence-corrected chi connectivity index (χ1v) is 3.99. The Morgan fingerprint density at radius 1 is 1.77 bits per heavy atom. The van der Waals surface area contributed by atoms with E-state index in [1.165, 1.54) is 0 Å². The molecule has 0 unspecified atom stereocenters. The summed E-state index contributed by atoms with van der Waals surface area (Å²) in [5.41, 5.74) is -0.481. The lowest BCUT2D eigenvalue weighted by Gasteiger charge is -1.93. The molecule has 0 amide bonds. The molecule has 1 heterocycles. The van der Waals surface area contributed by atoms with Gasteiger partial charge in [0.1, 0.15) is 0 Å². The number of nitrogens with zero attached hydrogens (tertiary/aromatic N) is 1. The molecule has 13 heavy (non-hydrogen) atoms. The smallest absolute Gasteiger partial charge is 0.352 e. The topological polar surface area (TPSA) is 89.7 Å². The molecule has 6 nitrogen and oxygen atoms in total. The summed E-state index contributed by atoms with van der Waals surface area (Å²) in [5.74, 6) is -1.42. The Labute approximate surface area is 76.5 Å². The fraction of sp³-hybridized carbons (Fsp3) is 0.167. The molecule has 0 aliphatic rings. The molecule has 0 aliphatic carbocycles. The molecule has 1 aromatic heterocycles. The minimum Gasteiger partial charge on any atom is -0.501 e. The van der Waals surface area contributed by atoms with Crippen LogP contribution in [0.3, 0.4) is 0 Å². The van der Waals surface area contributed by atoms with E-state index in [2.05, 4.69) is 4.74 Å². The second-order valence-corrected chi connectivity index (χ2v) is 2.93. The third-order valence-electron chi connectivity index (χ3n) is 1.31. The number of nitro groups is 1. The molecule has 1 N–H and O–H groups in total. The molecule has 0 spiro atoms. The molecular weight excluding hydrogens is 198 g/mol. The molecule has 0 radical (unpaired) electrons. The summed E-state index contributed by atoms with van der Waals surface area (Å²) < 4.78 is 4.30. The summed E-state index contributed by atoms with van der Waals surface area (Å²) in [6.07, 6.45) is 0. The Bertz CT molecular complexity index is 358. The maximum absolute atomic E-state index is 10.9. The van der Waals surface area contributed by atoms with Crippen molar-refractivity contribution >= 4 is 23.0 Å². The maximum Gasteiger partial charge on any atom is 0.352 e. The number of esters is 1. The highest BCUT2D eigenvalue weighted by molar-refractivity contribution is 7.12. The number of carbonyl (C=O) groups excluding carboxylic acids is 1. The Balaban J connectivity index is 3.13. The van der Waals surface area contributed by atoms with Gasteiger partial charge in [-0.3, -0.25) is 10.1 Å². The minimum atomic E-state index is -0.782. The molecule has 0 atom stereocenters. The third kappa shape index (κ3) is 1.59. The van der Waals surface area contributed by atoms with Gasteiger partial charge in [0.05, 0.1) is 17.4 Å². The van der Waals surface area contributed by atoms with E-state index in [0.717, 1.165) is 23.8 Å². The molecule has 70 valence electrons. The van der Waals surface area contributed by atoms with Gasteiger partial charge in [-0.2, -0.15) is 0 Å². The normalized spacial score (nSPS) is 9.62. The predicted molar refractivity (Wildman–Crippen MR) is 44.0 cm³/mol. The summed E-state index contributed by atoms with van der Waals surface area (Å²) in [6, 6.07) is 0. The number of methoxy groups -OCH3 is 1. The molecular formula is C6H5NO5S. The molecule has 0 bridgehead atoms. The van der Waals surface area contributed by atoms with E-state index in [1.807, 2.05) is 0 Å². The zero-order valence-electron chi connectivity index (χ0n) is 6.51. The van der Waals surface area contributed by atoms with Crippen LogP contribution in [0.2, 0.25) is 0 Å². The van der Waals surface area contributed by atoms with Crippen molar-refractivity contribution in [3.63, 3.8) is 0 Å². The van der Waals surface area contributed by atoms with E-state index < -0.39 is 22.3 Å². The van der Waals surface area contributed by atoms with Gasteiger partial charge in [0.2, 0.25) is 5.75 Å². The van der Waals surface area contributed by atoms with Gasteiger partial charge in [-0.1, -0.05) is 0 Å². The first kappa shape index (κ1) is 9.46. The summed E-state index contributed by atoms with van der Waals surface area (Å²) in [5, 5.41) is 20.5. The van der Waals surface area contributed by atoms with Crippen LogP contribution in [-0.4, -0.2) is 23.1 Å². The van der Waals surface area contributed by atoms with E-state index in [0.29, 0.717) is 0 Å². The van der Waals surface area contributed by atoms with Gasteiger partial charge in [-0.25, -0.2) is 4.79 Å². The van der Waals surface area contributed by atoms with Crippen LogP contribution in [0.5, 0.6) is 5.75 Å². The Morgan fingerprint density at radius 3 is 2.77 bits per heavy atom. The number of aromatic hydroxyl groups is 1. The van der Waals surface area contributed by atoms with Crippen LogP contribution in [0.4, 0.5) is 5.69 Å². The van der Waals surface area contributed by atoms with Crippen molar-refractivity contribution in [3.05, 3.63) is 20.4 Å². The van der Waals surface area contributed by atoms with Crippen LogP contribution in [-0.2, 0) is 4.74 Å². The van der Waals surface area contributed by atoms with Crippen LogP contribution in [0.1, 0.15) is 9.67 Å². The fourth-order valence-electron chi connectivity index (χ4n) is 0.710. The summed E-state index contributed by atoms with van der Waals surface area (Å²) in [6.45, 7) is 0.